The molecule has 0 fully saturated rings. The number of carbonyl (C=O) groups excluding carboxylic acids is 1. The van der Waals surface area contributed by atoms with Crippen LogP contribution in [0.25, 0.3) is 0 Å². The lowest BCUT2D eigenvalue weighted by Crippen LogP contribution is -2.15. The zero-order chi connectivity index (χ0) is 15.6. The van der Waals surface area contributed by atoms with Gasteiger partial charge < -0.3 is 15.8 Å². The van der Waals surface area contributed by atoms with Gasteiger partial charge in [-0.1, -0.05) is 17.7 Å². The fourth-order valence-corrected chi connectivity index (χ4v) is 2.63. The van der Waals surface area contributed by atoms with E-state index in [0.717, 1.165) is 16.8 Å². The largest absolute Gasteiger partial charge is 0.496 e. The van der Waals surface area contributed by atoms with Gasteiger partial charge in [0.15, 0.2) is 0 Å². The molecule has 3 N–H and O–H groups in total. The number of benzene rings is 2. The number of primary amides is 1. The first kappa shape index (κ1) is 15.2. The van der Waals surface area contributed by atoms with E-state index in [1.807, 2.05) is 26.0 Å². The average molecular weight is 305 g/mol. The maximum absolute atomic E-state index is 11.7. The summed E-state index contributed by atoms with van der Waals surface area (Å²) in [5, 5.41) is 3.93. The van der Waals surface area contributed by atoms with Crippen molar-refractivity contribution in [3.8, 4) is 5.75 Å². The van der Waals surface area contributed by atoms with Crippen LogP contribution in [0.1, 0.15) is 21.5 Å². The minimum Gasteiger partial charge on any atom is -0.496 e. The first-order valence-corrected chi connectivity index (χ1v) is 6.82. The molecule has 0 heterocycles. The van der Waals surface area contributed by atoms with Gasteiger partial charge >= 0.3 is 0 Å². The molecule has 2 aromatic rings. The summed E-state index contributed by atoms with van der Waals surface area (Å²) in [4.78, 5) is 11.7. The summed E-state index contributed by atoms with van der Waals surface area (Å²) in [7, 11) is 1.50. The third-order valence-corrected chi connectivity index (χ3v) is 3.47. The summed E-state index contributed by atoms with van der Waals surface area (Å²) in [5.74, 6) is -0.101. The van der Waals surface area contributed by atoms with E-state index in [0.29, 0.717) is 22.0 Å². The second kappa shape index (κ2) is 6.06. The van der Waals surface area contributed by atoms with Gasteiger partial charge in [-0.15, -0.1) is 0 Å². The first-order chi connectivity index (χ1) is 9.93. The molecule has 0 unspecified atom stereocenters. The molecule has 0 aliphatic rings. The SMILES string of the molecule is COc1cccc(Nc2c(C)cc(Cl)cc2C)c1C(N)=O. The average Bonchev–Trinajstić information content (AvgIpc) is 2.42. The van der Waals surface area contributed by atoms with Crippen LogP contribution in [-0.2, 0) is 0 Å². The molecule has 0 saturated heterocycles. The lowest BCUT2D eigenvalue weighted by Gasteiger charge is -2.17. The van der Waals surface area contributed by atoms with Crippen molar-refractivity contribution in [3.05, 3.63) is 52.0 Å². The summed E-state index contributed by atoms with van der Waals surface area (Å²) < 4.78 is 5.20. The molecule has 0 radical (unpaired) electrons. The van der Waals surface area contributed by atoms with Crippen molar-refractivity contribution in [1.29, 1.82) is 0 Å². The molecule has 0 aliphatic heterocycles. The van der Waals surface area contributed by atoms with Gasteiger partial charge in [0.1, 0.15) is 11.3 Å². The first-order valence-electron chi connectivity index (χ1n) is 6.44. The Balaban J connectivity index is 2.52. The van der Waals surface area contributed by atoms with Crippen molar-refractivity contribution in [2.75, 3.05) is 12.4 Å². The lowest BCUT2D eigenvalue weighted by molar-refractivity contribution is 0.0998. The number of hydrogen-bond acceptors (Lipinski definition) is 3. The second-order valence-corrected chi connectivity index (χ2v) is 5.22. The van der Waals surface area contributed by atoms with Gasteiger partial charge in [-0.3, -0.25) is 4.79 Å². The molecular weight excluding hydrogens is 288 g/mol. The zero-order valence-electron chi connectivity index (χ0n) is 12.2. The molecule has 0 atom stereocenters. The van der Waals surface area contributed by atoms with Gasteiger partial charge in [0.2, 0.25) is 0 Å². The van der Waals surface area contributed by atoms with Gasteiger partial charge in [0.25, 0.3) is 5.91 Å². The number of rotatable bonds is 4. The molecule has 110 valence electrons. The molecule has 2 rings (SSSR count). The number of aryl methyl sites for hydroxylation is 2. The minimum atomic E-state index is -0.542. The van der Waals surface area contributed by atoms with Crippen LogP contribution in [0.5, 0.6) is 5.75 Å². The summed E-state index contributed by atoms with van der Waals surface area (Å²) in [5.41, 5.74) is 9.27. The van der Waals surface area contributed by atoms with Crippen LogP contribution in [0.4, 0.5) is 11.4 Å². The standard InChI is InChI=1S/C16H17ClN2O2/c1-9-7-11(17)8-10(2)15(9)19-12-5-4-6-13(21-3)14(12)16(18)20/h4-8,19H,1-3H3,(H2,18,20). The van der Waals surface area contributed by atoms with Crippen molar-refractivity contribution in [2.24, 2.45) is 5.73 Å². The van der Waals surface area contributed by atoms with E-state index in [-0.39, 0.29) is 0 Å². The van der Waals surface area contributed by atoms with Gasteiger partial charge in [0, 0.05) is 10.7 Å². The summed E-state index contributed by atoms with van der Waals surface area (Å²) >= 11 is 6.03. The van der Waals surface area contributed by atoms with E-state index in [1.165, 1.54) is 7.11 Å². The van der Waals surface area contributed by atoms with Crippen LogP contribution < -0.4 is 15.8 Å². The van der Waals surface area contributed by atoms with Crippen molar-refractivity contribution >= 4 is 28.9 Å². The fraction of sp³-hybridized carbons (Fsp3) is 0.188. The molecule has 21 heavy (non-hydrogen) atoms. The smallest absolute Gasteiger partial charge is 0.254 e. The molecule has 5 heteroatoms. The molecular formula is C16H17ClN2O2. The Bertz CT molecular complexity index is 676. The fourth-order valence-electron chi connectivity index (χ4n) is 2.30. The van der Waals surface area contributed by atoms with Crippen LogP contribution in [0.2, 0.25) is 5.02 Å². The van der Waals surface area contributed by atoms with Crippen molar-refractivity contribution in [1.82, 2.24) is 0 Å². The second-order valence-electron chi connectivity index (χ2n) is 4.79. The molecule has 0 bridgehead atoms. The maximum atomic E-state index is 11.7. The number of amides is 1. The zero-order valence-corrected chi connectivity index (χ0v) is 12.9. The Labute approximate surface area is 128 Å². The Hall–Kier alpha value is -2.20. The van der Waals surface area contributed by atoms with E-state index >= 15 is 0 Å². The van der Waals surface area contributed by atoms with E-state index in [9.17, 15) is 4.79 Å². The highest BCUT2D eigenvalue weighted by Crippen LogP contribution is 2.32. The third kappa shape index (κ3) is 3.11. The normalized spacial score (nSPS) is 10.3. The maximum Gasteiger partial charge on any atom is 0.254 e. The van der Waals surface area contributed by atoms with Crippen LogP contribution in [0.3, 0.4) is 0 Å². The third-order valence-electron chi connectivity index (χ3n) is 3.25. The highest BCUT2D eigenvalue weighted by molar-refractivity contribution is 6.30. The Morgan fingerprint density at radius 3 is 2.38 bits per heavy atom. The molecule has 0 aromatic heterocycles. The Kier molecular flexibility index (Phi) is 4.38. The summed E-state index contributed by atoms with van der Waals surface area (Å²) in [6.07, 6.45) is 0. The molecule has 0 aliphatic carbocycles. The van der Waals surface area contributed by atoms with Crippen LogP contribution >= 0.6 is 11.6 Å². The Morgan fingerprint density at radius 1 is 1.24 bits per heavy atom. The van der Waals surface area contributed by atoms with Crippen LogP contribution in [0, 0.1) is 13.8 Å². The van der Waals surface area contributed by atoms with Gasteiger partial charge in [-0.2, -0.15) is 0 Å². The number of anilines is 2. The van der Waals surface area contributed by atoms with Crippen molar-refractivity contribution in [3.63, 3.8) is 0 Å². The highest BCUT2D eigenvalue weighted by Gasteiger charge is 2.16. The number of hydrogen-bond donors (Lipinski definition) is 2. The predicted octanol–water partition coefficient (Wildman–Crippen LogP) is 3.81. The highest BCUT2D eigenvalue weighted by atomic mass is 35.5. The quantitative estimate of drug-likeness (QED) is 0.903. The Morgan fingerprint density at radius 2 is 1.86 bits per heavy atom. The lowest BCUT2D eigenvalue weighted by atomic mass is 10.1. The monoisotopic (exact) mass is 304 g/mol. The number of nitrogens with two attached hydrogens (primary N) is 1. The number of methoxy groups -OCH3 is 1. The van der Waals surface area contributed by atoms with E-state index < -0.39 is 5.91 Å². The van der Waals surface area contributed by atoms with Crippen molar-refractivity contribution < 1.29 is 9.53 Å². The molecule has 4 nitrogen and oxygen atoms in total. The summed E-state index contributed by atoms with van der Waals surface area (Å²) in [6, 6.07) is 9.01. The van der Waals surface area contributed by atoms with E-state index in [1.54, 1.807) is 18.2 Å². The number of halogens is 1. The van der Waals surface area contributed by atoms with Gasteiger partial charge in [0.05, 0.1) is 12.8 Å². The van der Waals surface area contributed by atoms with Crippen LogP contribution in [0.15, 0.2) is 30.3 Å². The molecule has 1 amide bonds. The minimum absolute atomic E-state index is 0.328. The van der Waals surface area contributed by atoms with E-state index in [4.69, 9.17) is 22.1 Å². The topological polar surface area (TPSA) is 64.3 Å². The van der Waals surface area contributed by atoms with E-state index in [2.05, 4.69) is 5.32 Å². The molecule has 0 spiro atoms. The molecule has 0 saturated carbocycles. The number of ether oxygens (including phenoxy) is 1. The van der Waals surface area contributed by atoms with Crippen LogP contribution in [-0.4, -0.2) is 13.0 Å². The number of carbonyl (C=O) groups is 1. The molecule has 2 aromatic carbocycles. The summed E-state index contributed by atoms with van der Waals surface area (Å²) in [6.45, 7) is 3.90. The van der Waals surface area contributed by atoms with Gasteiger partial charge in [-0.05, 0) is 49.2 Å². The number of nitrogens with one attached hydrogen (secondary N) is 1. The predicted molar refractivity (Wildman–Crippen MR) is 85.7 cm³/mol. The van der Waals surface area contributed by atoms with Crippen molar-refractivity contribution in [2.45, 2.75) is 13.8 Å². The van der Waals surface area contributed by atoms with Gasteiger partial charge in [-0.25, -0.2) is 0 Å².